The van der Waals surface area contributed by atoms with Crippen LogP contribution in [0.4, 0.5) is 4.39 Å². The molecule has 1 heterocycles. The molecule has 3 nitrogen and oxygen atoms in total. The summed E-state index contributed by atoms with van der Waals surface area (Å²) in [5, 5.41) is 3.88. The second-order valence-corrected chi connectivity index (χ2v) is 4.14. The quantitative estimate of drug-likeness (QED) is 0.786. The normalized spacial score (nSPS) is 10.8. The number of aromatic nitrogens is 2. The molecule has 2 rings (SSSR count). The first-order chi connectivity index (χ1) is 8.20. The monoisotopic (exact) mass is 254 g/mol. The summed E-state index contributed by atoms with van der Waals surface area (Å²) in [6.45, 7) is 1.81. The van der Waals surface area contributed by atoms with Crippen molar-refractivity contribution in [1.29, 1.82) is 0 Å². The van der Waals surface area contributed by atoms with E-state index in [1.807, 2.05) is 6.92 Å². The molecule has 90 valence electrons. The van der Waals surface area contributed by atoms with E-state index >= 15 is 0 Å². The summed E-state index contributed by atoms with van der Waals surface area (Å²) in [7, 11) is 0. The Hall–Kier alpha value is -1.42. The molecule has 0 amide bonds. The molecule has 0 bridgehead atoms. The lowest BCUT2D eigenvalue weighted by Gasteiger charge is -1.99. The van der Waals surface area contributed by atoms with Gasteiger partial charge < -0.3 is 4.52 Å². The minimum Gasteiger partial charge on any atom is -0.339 e. The first-order valence-corrected chi connectivity index (χ1v) is 5.89. The summed E-state index contributed by atoms with van der Waals surface area (Å²) in [5.41, 5.74) is 1.57. The molecule has 1 aromatic heterocycles. The molecular weight excluding hydrogens is 243 g/mol. The van der Waals surface area contributed by atoms with Crippen LogP contribution in [0.3, 0.4) is 0 Å². The molecule has 0 saturated heterocycles. The van der Waals surface area contributed by atoms with Gasteiger partial charge in [0.2, 0.25) is 11.7 Å². The van der Waals surface area contributed by atoms with Crippen LogP contribution in [0.25, 0.3) is 11.4 Å². The molecule has 0 saturated carbocycles. The first-order valence-electron chi connectivity index (χ1n) is 5.36. The van der Waals surface area contributed by atoms with Gasteiger partial charge in [-0.05, 0) is 37.1 Å². The third-order valence-electron chi connectivity index (χ3n) is 2.42. The summed E-state index contributed by atoms with van der Waals surface area (Å²) in [6.07, 6.45) is 1.46. The summed E-state index contributed by atoms with van der Waals surface area (Å²) < 4.78 is 18.0. The van der Waals surface area contributed by atoms with Crippen LogP contribution in [0.1, 0.15) is 17.9 Å². The van der Waals surface area contributed by atoms with Gasteiger partial charge in [-0.2, -0.15) is 4.98 Å². The third-order valence-corrected chi connectivity index (χ3v) is 2.69. The topological polar surface area (TPSA) is 38.9 Å². The van der Waals surface area contributed by atoms with Crippen molar-refractivity contribution in [3.05, 3.63) is 35.5 Å². The zero-order chi connectivity index (χ0) is 12.3. The van der Waals surface area contributed by atoms with Gasteiger partial charge in [-0.25, -0.2) is 4.39 Å². The Balaban J connectivity index is 2.24. The molecule has 2 aromatic rings. The van der Waals surface area contributed by atoms with Crippen molar-refractivity contribution >= 4 is 11.6 Å². The van der Waals surface area contributed by atoms with Crippen molar-refractivity contribution in [2.45, 2.75) is 19.8 Å². The summed E-state index contributed by atoms with van der Waals surface area (Å²) in [4.78, 5) is 4.25. The molecular formula is C12H12ClFN2O. The maximum atomic E-state index is 13.0. The number of aryl methyl sites for hydroxylation is 2. The van der Waals surface area contributed by atoms with Gasteiger partial charge in [-0.15, -0.1) is 11.6 Å². The smallest absolute Gasteiger partial charge is 0.227 e. The molecule has 5 heteroatoms. The van der Waals surface area contributed by atoms with E-state index in [0.717, 1.165) is 17.5 Å². The average molecular weight is 255 g/mol. The number of halogens is 2. The highest BCUT2D eigenvalue weighted by Crippen LogP contribution is 2.21. The van der Waals surface area contributed by atoms with Crippen molar-refractivity contribution in [1.82, 2.24) is 10.1 Å². The lowest BCUT2D eigenvalue weighted by Crippen LogP contribution is -1.89. The van der Waals surface area contributed by atoms with E-state index in [4.69, 9.17) is 16.1 Å². The SMILES string of the molecule is Cc1cc(F)ccc1-c1noc(CCCCl)n1. The highest BCUT2D eigenvalue weighted by atomic mass is 35.5. The van der Waals surface area contributed by atoms with E-state index in [-0.39, 0.29) is 5.82 Å². The Morgan fingerprint density at radius 3 is 2.94 bits per heavy atom. The fourth-order valence-corrected chi connectivity index (χ4v) is 1.70. The Labute approximate surface area is 104 Å². The van der Waals surface area contributed by atoms with Gasteiger partial charge in [0.1, 0.15) is 5.82 Å². The van der Waals surface area contributed by atoms with Gasteiger partial charge in [-0.3, -0.25) is 0 Å². The molecule has 0 aliphatic heterocycles. The van der Waals surface area contributed by atoms with Crippen LogP contribution < -0.4 is 0 Å². The second kappa shape index (κ2) is 5.27. The van der Waals surface area contributed by atoms with Gasteiger partial charge in [0.05, 0.1) is 0 Å². The van der Waals surface area contributed by atoms with Crippen LogP contribution in [0, 0.1) is 12.7 Å². The zero-order valence-corrected chi connectivity index (χ0v) is 10.2. The molecule has 0 radical (unpaired) electrons. The summed E-state index contributed by atoms with van der Waals surface area (Å²) in [6, 6.07) is 4.49. The number of hydrogen-bond donors (Lipinski definition) is 0. The van der Waals surface area contributed by atoms with E-state index in [2.05, 4.69) is 10.1 Å². The summed E-state index contributed by atoms with van der Waals surface area (Å²) >= 11 is 5.59. The summed E-state index contributed by atoms with van der Waals surface area (Å²) in [5.74, 6) is 1.35. The molecule has 0 aliphatic carbocycles. The number of alkyl halides is 1. The minimum atomic E-state index is -0.267. The lowest BCUT2D eigenvalue weighted by molar-refractivity contribution is 0.378. The van der Waals surface area contributed by atoms with Crippen LogP contribution in [0.15, 0.2) is 22.7 Å². The fraction of sp³-hybridized carbons (Fsp3) is 0.333. The van der Waals surface area contributed by atoms with Crippen LogP contribution in [-0.4, -0.2) is 16.0 Å². The number of rotatable bonds is 4. The van der Waals surface area contributed by atoms with Crippen molar-refractivity contribution in [2.24, 2.45) is 0 Å². The molecule has 0 aliphatic rings. The predicted octanol–water partition coefficient (Wildman–Crippen LogP) is 3.36. The molecule has 1 aromatic carbocycles. The maximum Gasteiger partial charge on any atom is 0.227 e. The zero-order valence-electron chi connectivity index (χ0n) is 9.41. The second-order valence-electron chi connectivity index (χ2n) is 3.76. The highest BCUT2D eigenvalue weighted by molar-refractivity contribution is 6.17. The lowest BCUT2D eigenvalue weighted by atomic mass is 10.1. The van der Waals surface area contributed by atoms with Crippen LogP contribution >= 0.6 is 11.6 Å². The van der Waals surface area contributed by atoms with Crippen molar-refractivity contribution in [3.8, 4) is 11.4 Å². The van der Waals surface area contributed by atoms with E-state index in [1.54, 1.807) is 6.07 Å². The molecule has 0 fully saturated rings. The molecule has 0 spiro atoms. The third kappa shape index (κ3) is 2.82. The number of hydrogen-bond acceptors (Lipinski definition) is 3. The van der Waals surface area contributed by atoms with Crippen LogP contribution in [0.2, 0.25) is 0 Å². The molecule has 0 N–H and O–H groups in total. The molecule has 0 unspecified atom stereocenters. The maximum absolute atomic E-state index is 13.0. The van der Waals surface area contributed by atoms with E-state index < -0.39 is 0 Å². The van der Waals surface area contributed by atoms with E-state index in [0.29, 0.717) is 24.0 Å². The predicted molar refractivity (Wildman–Crippen MR) is 63.5 cm³/mol. The standard InChI is InChI=1S/C12H12ClFN2O/c1-8-7-9(14)4-5-10(8)12-15-11(17-16-12)3-2-6-13/h4-5,7H,2-3,6H2,1H3. The van der Waals surface area contributed by atoms with Crippen molar-refractivity contribution < 1.29 is 8.91 Å². The largest absolute Gasteiger partial charge is 0.339 e. The number of nitrogens with zero attached hydrogens (tertiary/aromatic N) is 2. The Bertz CT molecular complexity index is 513. The van der Waals surface area contributed by atoms with E-state index in [9.17, 15) is 4.39 Å². The van der Waals surface area contributed by atoms with Crippen molar-refractivity contribution in [3.63, 3.8) is 0 Å². The van der Waals surface area contributed by atoms with Gasteiger partial charge >= 0.3 is 0 Å². The molecule has 0 atom stereocenters. The molecule has 17 heavy (non-hydrogen) atoms. The Morgan fingerprint density at radius 1 is 1.41 bits per heavy atom. The highest BCUT2D eigenvalue weighted by Gasteiger charge is 2.10. The van der Waals surface area contributed by atoms with Crippen LogP contribution in [-0.2, 0) is 6.42 Å². The number of benzene rings is 1. The van der Waals surface area contributed by atoms with Gasteiger partial charge in [0.15, 0.2) is 0 Å². The average Bonchev–Trinajstić information content (AvgIpc) is 2.75. The van der Waals surface area contributed by atoms with Crippen LogP contribution in [0.5, 0.6) is 0 Å². The first kappa shape index (κ1) is 12.0. The van der Waals surface area contributed by atoms with Gasteiger partial charge in [0, 0.05) is 17.9 Å². The van der Waals surface area contributed by atoms with E-state index in [1.165, 1.54) is 12.1 Å². The Kier molecular flexibility index (Phi) is 3.74. The van der Waals surface area contributed by atoms with Crippen molar-refractivity contribution in [2.75, 3.05) is 5.88 Å². The Morgan fingerprint density at radius 2 is 2.24 bits per heavy atom. The fourth-order valence-electron chi connectivity index (χ4n) is 1.56. The van der Waals surface area contributed by atoms with Gasteiger partial charge in [0.25, 0.3) is 0 Å². The van der Waals surface area contributed by atoms with Gasteiger partial charge in [-0.1, -0.05) is 5.16 Å². The minimum absolute atomic E-state index is 0.267.